The van der Waals surface area contributed by atoms with E-state index < -0.39 is 12.0 Å². The molecule has 17 heavy (non-hydrogen) atoms. The van der Waals surface area contributed by atoms with Crippen molar-refractivity contribution in [1.29, 1.82) is 0 Å². The van der Waals surface area contributed by atoms with Gasteiger partial charge in [-0.15, -0.1) is 11.8 Å². The van der Waals surface area contributed by atoms with E-state index >= 15 is 0 Å². The average molecular weight is 253 g/mol. The first kappa shape index (κ1) is 11.7. The fourth-order valence-electron chi connectivity index (χ4n) is 1.53. The summed E-state index contributed by atoms with van der Waals surface area (Å²) in [5.41, 5.74) is 6.15. The minimum absolute atomic E-state index is 0.216. The van der Waals surface area contributed by atoms with Crippen LogP contribution in [0.4, 0.5) is 5.69 Å². The highest BCUT2D eigenvalue weighted by molar-refractivity contribution is 7.99. The summed E-state index contributed by atoms with van der Waals surface area (Å²) in [5, 5.41) is 8.98. The van der Waals surface area contributed by atoms with Gasteiger partial charge in [0.2, 0.25) is 0 Å². The number of nitrogen functional groups attached to an aromatic ring is 1. The number of hydrogen-bond acceptors (Lipinski definition) is 5. The van der Waals surface area contributed by atoms with Gasteiger partial charge in [0.1, 0.15) is 11.7 Å². The predicted octanol–water partition coefficient (Wildman–Crippen LogP) is 0.263. The lowest BCUT2D eigenvalue weighted by Crippen LogP contribution is -2.42. The van der Waals surface area contributed by atoms with Crippen LogP contribution in [-0.2, 0) is 4.79 Å². The molecule has 0 bridgehead atoms. The standard InChI is InChI=1S/C10H11N3O3S/c11-6-1-2-7(12-3-6)9(14)13-5-17-4-8(13)10(15)16/h1-3,8H,4-5,11H2,(H,15,16). The Hall–Kier alpha value is -1.76. The number of aromatic nitrogens is 1. The second kappa shape index (κ2) is 4.62. The molecule has 1 fully saturated rings. The van der Waals surface area contributed by atoms with Gasteiger partial charge < -0.3 is 15.7 Å². The second-order valence-corrected chi connectivity index (χ2v) is 4.61. The molecule has 2 heterocycles. The smallest absolute Gasteiger partial charge is 0.327 e. The Morgan fingerprint density at radius 3 is 2.88 bits per heavy atom. The molecule has 0 aliphatic carbocycles. The number of nitrogens with two attached hydrogens (primary N) is 1. The number of rotatable bonds is 2. The highest BCUT2D eigenvalue weighted by atomic mass is 32.2. The Kier molecular flexibility index (Phi) is 3.19. The van der Waals surface area contributed by atoms with Crippen LogP contribution in [-0.4, -0.2) is 44.5 Å². The minimum atomic E-state index is -0.987. The van der Waals surface area contributed by atoms with Gasteiger partial charge in [-0.3, -0.25) is 4.79 Å². The molecule has 1 aromatic heterocycles. The number of carboxylic acids is 1. The van der Waals surface area contributed by atoms with Crippen molar-refractivity contribution in [2.75, 3.05) is 17.4 Å². The maximum atomic E-state index is 12.0. The van der Waals surface area contributed by atoms with Crippen LogP contribution in [0.3, 0.4) is 0 Å². The van der Waals surface area contributed by atoms with E-state index in [4.69, 9.17) is 10.8 Å². The van der Waals surface area contributed by atoms with Crippen molar-refractivity contribution in [1.82, 2.24) is 9.88 Å². The number of pyridine rings is 1. The number of aliphatic carboxylic acids is 1. The summed E-state index contributed by atoms with van der Waals surface area (Å²) in [6, 6.07) is 2.30. The molecule has 1 aliphatic heterocycles. The lowest BCUT2D eigenvalue weighted by atomic mass is 10.2. The average Bonchev–Trinajstić information content (AvgIpc) is 2.78. The Labute approximate surface area is 102 Å². The molecule has 7 heteroatoms. The van der Waals surface area contributed by atoms with Crippen LogP contribution in [0.15, 0.2) is 18.3 Å². The molecule has 0 saturated carbocycles. The highest BCUT2D eigenvalue weighted by Gasteiger charge is 2.35. The number of carbonyl (C=O) groups excluding carboxylic acids is 1. The van der Waals surface area contributed by atoms with Gasteiger partial charge in [0.05, 0.1) is 17.8 Å². The van der Waals surface area contributed by atoms with E-state index in [-0.39, 0.29) is 11.6 Å². The molecule has 1 unspecified atom stereocenters. The molecule has 1 saturated heterocycles. The molecule has 3 N–H and O–H groups in total. The fourth-order valence-corrected chi connectivity index (χ4v) is 2.67. The van der Waals surface area contributed by atoms with E-state index in [1.54, 1.807) is 6.07 Å². The van der Waals surface area contributed by atoms with E-state index in [1.165, 1.54) is 28.9 Å². The molecular weight excluding hydrogens is 242 g/mol. The molecule has 1 amide bonds. The van der Waals surface area contributed by atoms with E-state index in [9.17, 15) is 9.59 Å². The zero-order valence-corrected chi connectivity index (χ0v) is 9.68. The number of hydrogen-bond donors (Lipinski definition) is 2. The van der Waals surface area contributed by atoms with Crippen LogP contribution in [0.2, 0.25) is 0 Å². The monoisotopic (exact) mass is 253 g/mol. The van der Waals surface area contributed by atoms with Crippen LogP contribution in [0.1, 0.15) is 10.5 Å². The Morgan fingerprint density at radius 2 is 2.29 bits per heavy atom. The summed E-state index contributed by atoms with van der Waals surface area (Å²) in [5.74, 6) is -0.570. The molecular formula is C10H11N3O3S. The van der Waals surface area contributed by atoms with Crippen LogP contribution in [0.5, 0.6) is 0 Å². The van der Waals surface area contributed by atoms with Crippen LogP contribution in [0.25, 0.3) is 0 Å². The second-order valence-electron chi connectivity index (χ2n) is 3.61. The molecule has 2 rings (SSSR count). The first-order valence-corrected chi connectivity index (χ1v) is 6.08. The van der Waals surface area contributed by atoms with Gasteiger partial charge in [-0.05, 0) is 12.1 Å². The fraction of sp³-hybridized carbons (Fsp3) is 0.300. The number of amides is 1. The first-order valence-electron chi connectivity index (χ1n) is 4.92. The quantitative estimate of drug-likeness (QED) is 0.785. The number of carbonyl (C=O) groups is 2. The van der Waals surface area contributed by atoms with Crippen LogP contribution >= 0.6 is 11.8 Å². The number of anilines is 1. The Morgan fingerprint density at radius 1 is 1.53 bits per heavy atom. The maximum absolute atomic E-state index is 12.0. The predicted molar refractivity (Wildman–Crippen MR) is 63.6 cm³/mol. The van der Waals surface area contributed by atoms with Gasteiger partial charge in [-0.1, -0.05) is 0 Å². The van der Waals surface area contributed by atoms with Gasteiger partial charge in [0.25, 0.3) is 5.91 Å². The third-order valence-corrected chi connectivity index (χ3v) is 3.45. The molecule has 1 atom stereocenters. The molecule has 1 aliphatic rings. The summed E-state index contributed by atoms with van der Waals surface area (Å²) >= 11 is 1.42. The zero-order chi connectivity index (χ0) is 12.4. The molecule has 0 radical (unpaired) electrons. The van der Waals surface area contributed by atoms with Crippen molar-refractivity contribution in [2.24, 2.45) is 0 Å². The minimum Gasteiger partial charge on any atom is -0.480 e. The number of nitrogens with zero attached hydrogens (tertiary/aromatic N) is 2. The molecule has 1 aromatic rings. The molecule has 6 nitrogen and oxygen atoms in total. The van der Waals surface area contributed by atoms with Gasteiger partial charge >= 0.3 is 5.97 Å². The van der Waals surface area contributed by atoms with Crippen molar-refractivity contribution < 1.29 is 14.7 Å². The lowest BCUT2D eigenvalue weighted by Gasteiger charge is -2.19. The highest BCUT2D eigenvalue weighted by Crippen LogP contribution is 2.22. The summed E-state index contributed by atoms with van der Waals surface area (Å²) < 4.78 is 0. The van der Waals surface area contributed by atoms with Crippen molar-refractivity contribution >= 4 is 29.3 Å². The van der Waals surface area contributed by atoms with Gasteiger partial charge in [-0.2, -0.15) is 0 Å². The van der Waals surface area contributed by atoms with E-state index in [0.717, 1.165) is 0 Å². The Balaban J connectivity index is 2.19. The first-order chi connectivity index (χ1) is 8.09. The van der Waals surface area contributed by atoms with E-state index in [1.807, 2.05) is 0 Å². The lowest BCUT2D eigenvalue weighted by molar-refractivity contribution is -0.140. The molecule has 0 spiro atoms. The third kappa shape index (κ3) is 2.33. The molecule has 0 aromatic carbocycles. The molecule has 90 valence electrons. The van der Waals surface area contributed by atoms with E-state index in [0.29, 0.717) is 17.3 Å². The van der Waals surface area contributed by atoms with Crippen molar-refractivity contribution in [3.05, 3.63) is 24.0 Å². The SMILES string of the molecule is Nc1ccc(C(=O)N2CSCC2C(=O)O)nc1. The van der Waals surface area contributed by atoms with Gasteiger partial charge in [-0.25, -0.2) is 9.78 Å². The van der Waals surface area contributed by atoms with Crippen molar-refractivity contribution in [3.8, 4) is 0 Å². The topological polar surface area (TPSA) is 96.5 Å². The van der Waals surface area contributed by atoms with Gasteiger partial charge in [0, 0.05) is 5.75 Å². The van der Waals surface area contributed by atoms with Crippen molar-refractivity contribution in [2.45, 2.75) is 6.04 Å². The normalized spacial score (nSPS) is 19.3. The Bertz CT molecular complexity index is 449. The number of carboxylic acid groups (broad SMARTS) is 1. The summed E-state index contributed by atoms with van der Waals surface area (Å²) in [4.78, 5) is 28.2. The van der Waals surface area contributed by atoms with Crippen molar-refractivity contribution in [3.63, 3.8) is 0 Å². The summed E-state index contributed by atoms with van der Waals surface area (Å²) in [7, 11) is 0. The third-order valence-electron chi connectivity index (χ3n) is 2.43. The zero-order valence-electron chi connectivity index (χ0n) is 8.87. The maximum Gasteiger partial charge on any atom is 0.327 e. The van der Waals surface area contributed by atoms with Crippen LogP contribution < -0.4 is 5.73 Å². The largest absolute Gasteiger partial charge is 0.480 e. The summed E-state index contributed by atoms with van der Waals surface area (Å²) in [6.45, 7) is 0. The van der Waals surface area contributed by atoms with E-state index in [2.05, 4.69) is 4.98 Å². The summed E-state index contributed by atoms with van der Waals surface area (Å²) in [6.07, 6.45) is 1.38. The van der Waals surface area contributed by atoms with Gasteiger partial charge in [0.15, 0.2) is 0 Å². The number of thioether (sulfide) groups is 1. The van der Waals surface area contributed by atoms with Crippen LogP contribution in [0, 0.1) is 0 Å².